The normalized spacial score (nSPS) is 13.3. The van der Waals surface area contributed by atoms with Gasteiger partial charge in [-0.2, -0.15) is 0 Å². The smallest absolute Gasteiger partial charge is 0.191 e. The van der Waals surface area contributed by atoms with Crippen LogP contribution in [0.1, 0.15) is 54.4 Å². The minimum absolute atomic E-state index is 0. The highest BCUT2D eigenvalue weighted by atomic mass is 127. The SMILES string of the molecule is CCN(CC)CCCC(C)NC(=NC)NCCN(CC)C(C)C.I. The zero-order chi connectivity index (χ0) is 17.7. The number of nitrogens with one attached hydrogen (secondary N) is 2. The number of aliphatic imine (C=N–C) groups is 1. The highest BCUT2D eigenvalue weighted by Crippen LogP contribution is 2.00. The maximum absolute atomic E-state index is 4.34. The Morgan fingerprint density at radius 2 is 1.62 bits per heavy atom. The number of hydrogen-bond acceptors (Lipinski definition) is 3. The van der Waals surface area contributed by atoms with Crippen LogP contribution in [0.25, 0.3) is 0 Å². The van der Waals surface area contributed by atoms with E-state index in [0.717, 1.165) is 38.7 Å². The van der Waals surface area contributed by atoms with Gasteiger partial charge in [0.15, 0.2) is 5.96 Å². The van der Waals surface area contributed by atoms with Crippen LogP contribution >= 0.6 is 24.0 Å². The van der Waals surface area contributed by atoms with Crippen LogP contribution in [0.2, 0.25) is 0 Å². The second kappa shape index (κ2) is 16.4. The van der Waals surface area contributed by atoms with Crippen LogP contribution in [0.5, 0.6) is 0 Å². The Balaban J connectivity index is 0. The van der Waals surface area contributed by atoms with Gasteiger partial charge in [-0.05, 0) is 59.8 Å². The van der Waals surface area contributed by atoms with Crippen molar-refractivity contribution in [3.05, 3.63) is 0 Å². The molecule has 24 heavy (non-hydrogen) atoms. The van der Waals surface area contributed by atoms with E-state index in [1.54, 1.807) is 0 Å². The summed E-state index contributed by atoms with van der Waals surface area (Å²) in [5.74, 6) is 0.917. The number of likely N-dealkylation sites (N-methyl/N-ethyl adjacent to an activating group) is 1. The average molecular weight is 455 g/mol. The third-order valence-corrected chi connectivity index (χ3v) is 4.44. The molecule has 0 aromatic rings. The minimum Gasteiger partial charge on any atom is -0.355 e. The van der Waals surface area contributed by atoms with Gasteiger partial charge in [0.25, 0.3) is 0 Å². The molecule has 0 aromatic carbocycles. The molecular formula is C18H42IN5. The summed E-state index contributed by atoms with van der Waals surface area (Å²) in [6.45, 7) is 19.9. The van der Waals surface area contributed by atoms with Crippen molar-refractivity contribution in [2.45, 2.75) is 66.5 Å². The molecular weight excluding hydrogens is 413 g/mol. The van der Waals surface area contributed by atoms with Crippen molar-refractivity contribution >= 4 is 29.9 Å². The molecule has 2 N–H and O–H groups in total. The summed E-state index contributed by atoms with van der Waals surface area (Å²) < 4.78 is 0. The summed E-state index contributed by atoms with van der Waals surface area (Å²) in [7, 11) is 1.85. The Kier molecular flexibility index (Phi) is 17.9. The Hall–Kier alpha value is -0.0800. The Bertz CT molecular complexity index is 306. The van der Waals surface area contributed by atoms with Crippen molar-refractivity contribution in [1.82, 2.24) is 20.4 Å². The first-order valence-electron chi connectivity index (χ1n) is 9.41. The van der Waals surface area contributed by atoms with Crippen molar-refractivity contribution in [1.29, 1.82) is 0 Å². The monoisotopic (exact) mass is 455 g/mol. The van der Waals surface area contributed by atoms with Crippen molar-refractivity contribution in [3.63, 3.8) is 0 Å². The summed E-state index contributed by atoms with van der Waals surface area (Å²) in [6.07, 6.45) is 2.40. The van der Waals surface area contributed by atoms with Gasteiger partial charge in [-0.3, -0.25) is 9.89 Å². The van der Waals surface area contributed by atoms with Crippen molar-refractivity contribution in [3.8, 4) is 0 Å². The van der Waals surface area contributed by atoms with E-state index >= 15 is 0 Å². The molecule has 0 aliphatic carbocycles. The Morgan fingerprint density at radius 1 is 1.00 bits per heavy atom. The average Bonchev–Trinajstić information content (AvgIpc) is 2.54. The standard InChI is InChI=1S/C18H41N5.HI/c1-8-22(9-2)14-11-12-17(6)21-18(19-7)20-13-15-23(10-3)16(4)5;/h16-17H,8-15H2,1-7H3,(H2,19,20,21);1H. The fraction of sp³-hybridized carbons (Fsp3) is 0.944. The van der Waals surface area contributed by atoms with Gasteiger partial charge in [-0.1, -0.05) is 20.8 Å². The van der Waals surface area contributed by atoms with E-state index < -0.39 is 0 Å². The van der Waals surface area contributed by atoms with Crippen molar-refractivity contribution in [2.24, 2.45) is 4.99 Å². The molecule has 0 bridgehead atoms. The first kappa shape index (κ1) is 26.2. The van der Waals surface area contributed by atoms with Crippen LogP contribution < -0.4 is 10.6 Å². The van der Waals surface area contributed by atoms with E-state index in [1.165, 1.54) is 19.4 Å². The van der Waals surface area contributed by atoms with E-state index in [4.69, 9.17) is 0 Å². The van der Waals surface area contributed by atoms with Crippen molar-refractivity contribution in [2.75, 3.05) is 46.3 Å². The van der Waals surface area contributed by atoms with Gasteiger partial charge in [0.05, 0.1) is 0 Å². The molecule has 5 nitrogen and oxygen atoms in total. The van der Waals surface area contributed by atoms with Crippen LogP contribution in [-0.2, 0) is 0 Å². The molecule has 0 heterocycles. The van der Waals surface area contributed by atoms with Crippen LogP contribution in [0.15, 0.2) is 4.99 Å². The molecule has 6 heteroatoms. The third kappa shape index (κ3) is 12.3. The molecule has 0 aliphatic heterocycles. The van der Waals surface area contributed by atoms with E-state index in [9.17, 15) is 0 Å². The third-order valence-electron chi connectivity index (χ3n) is 4.44. The maximum Gasteiger partial charge on any atom is 0.191 e. The van der Waals surface area contributed by atoms with E-state index in [2.05, 4.69) is 67.0 Å². The summed E-state index contributed by atoms with van der Waals surface area (Å²) >= 11 is 0. The van der Waals surface area contributed by atoms with Gasteiger partial charge in [0, 0.05) is 32.2 Å². The lowest BCUT2D eigenvalue weighted by atomic mass is 10.2. The van der Waals surface area contributed by atoms with E-state index in [0.29, 0.717) is 12.1 Å². The topological polar surface area (TPSA) is 42.9 Å². The molecule has 0 spiro atoms. The van der Waals surface area contributed by atoms with Gasteiger partial charge in [-0.25, -0.2) is 0 Å². The minimum atomic E-state index is 0. The molecule has 1 unspecified atom stereocenters. The summed E-state index contributed by atoms with van der Waals surface area (Å²) in [5, 5.41) is 6.93. The van der Waals surface area contributed by atoms with Gasteiger partial charge < -0.3 is 15.5 Å². The molecule has 0 aromatic heterocycles. The van der Waals surface area contributed by atoms with Gasteiger partial charge in [-0.15, -0.1) is 24.0 Å². The van der Waals surface area contributed by atoms with Crippen LogP contribution in [-0.4, -0.2) is 74.2 Å². The predicted molar refractivity (Wildman–Crippen MR) is 119 cm³/mol. The number of guanidine groups is 1. The number of halogens is 1. The lowest BCUT2D eigenvalue weighted by Crippen LogP contribution is -2.45. The van der Waals surface area contributed by atoms with Crippen molar-refractivity contribution < 1.29 is 0 Å². The summed E-state index contributed by atoms with van der Waals surface area (Å²) in [4.78, 5) is 9.27. The summed E-state index contributed by atoms with van der Waals surface area (Å²) in [6, 6.07) is 1.04. The van der Waals surface area contributed by atoms with Gasteiger partial charge in [0.2, 0.25) is 0 Å². The highest BCUT2D eigenvalue weighted by molar-refractivity contribution is 14.0. The molecule has 0 amide bonds. The lowest BCUT2D eigenvalue weighted by Gasteiger charge is -2.25. The second-order valence-electron chi connectivity index (χ2n) is 6.44. The first-order valence-corrected chi connectivity index (χ1v) is 9.41. The quantitative estimate of drug-likeness (QED) is 0.270. The predicted octanol–water partition coefficient (Wildman–Crippen LogP) is 3.01. The maximum atomic E-state index is 4.34. The molecule has 0 fully saturated rings. The molecule has 146 valence electrons. The number of nitrogens with zero attached hydrogens (tertiary/aromatic N) is 3. The highest BCUT2D eigenvalue weighted by Gasteiger charge is 2.08. The lowest BCUT2D eigenvalue weighted by molar-refractivity contribution is 0.237. The Labute approximate surface area is 168 Å². The van der Waals surface area contributed by atoms with Crippen LogP contribution in [0.4, 0.5) is 0 Å². The molecule has 0 radical (unpaired) electrons. The van der Waals surface area contributed by atoms with Gasteiger partial charge >= 0.3 is 0 Å². The van der Waals surface area contributed by atoms with E-state index in [-0.39, 0.29) is 24.0 Å². The molecule has 0 aliphatic rings. The fourth-order valence-corrected chi connectivity index (χ4v) is 2.76. The fourth-order valence-electron chi connectivity index (χ4n) is 2.76. The largest absolute Gasteiger partial charge is 0.355 e. The summed E-state index contributed by atoms with van der Waals surface area (Å²) in [5.41, 5.74) is 0. The Morgan fingerprint density at radius 3 is 2.08 bits per heavy atom. The van der Waals surface area contributed by atoms with Crippen LogP contribution in [0.3, 0.4) is 0 Å². The molecule has 0 rings (SSSR count). The number of rotatable bonds is 12. The van der Waals surface area contributed by atoms with Gasteiger partial charge in [0.1, 0.15) is 0 Å². The second-order valence-corrected chi connectivity index (χ2v) is 6.44. The molecule has 1 atom stereocenters. The number of hydrogen-bond donors (Lipinski definition) is 2. The zero-order valence-electron chi connectivity index (χ0n) is 17.1. The molecule has 0 saturated heterocycles. The first-order chi connectivity index (χ1) is 11.0. The zero-order valence-corrected chi connectivity index (χ0v) is 19.4. The van der Waals surface area contributed by atoms with E-state index in [1.807, 2.05) is 7.05 Å². The molecule has 0 saturated carbocycles. The van der Waals surface area contributed by atoms with Crippen LogP contribution in [0, 0.1) is 0 Å².